The predicted octanol–water partition coefficient (Wildman–Crippen LogP) is 1.26. The van der Waals surface area contributed by atoms with E-state index in [4.69, 9.17) is 4.74 Å². The molecule has 1 aromatic carbocycles. The summed E-state index contributed by atoms with van der Waals surface area (Å²) in [5.41, 5.74) is 0.0710. The van der Waals surface area contributed by atoms with Crippen molar-refractivity contribution in [2.75, 3.05) is 39.3 Å². The van der Waals surface area contributed by atoms with Crippen molar-refractivity contribution < 1.29 is 28.7 Å². The normalized spacial score (nSPS) is 16.4. The van der Waals surface area contributed by atoms with Crippen LogP contribution in [0, 0.1) is 0 Å². The van der Waals surface area contributed by atoms with Crippen LogP contribution < -0.4 is 5.32 Å². The molecule has 10 heteroatoms. The number of carbonyl (C=O) groups excluding carboxylic acids is 5. The lowest BCUT2D eigenvalue weighted by atomic mass is 10.1. The largest absolute Gasteiger partial charge is 0.444 e. The minimum absolute atomic E-state index is 0.0180. The van der Waals surface area contributed by atoms with Gasteiger partial charge in [0, 0.05) is 39.1 Å². The number of rotatable bonds is 5. The second-order valence-electron chi connectivity index (χ2n) is 9.03. The van der Waals surface area contributed by atoms with Gasteiger partial charge in [0.2, 0.25) is 11.8 Å². The molecule has 1 fully saturated rings. The van der Waals surface area contributed by atoms with E-state index in [1.54, 1.807) is 54.8 Å². The monoisotopic (exact) mass is 458 g/mol. The molecule has 0 saturated carbocycles. The maximum atomic E-state index is 12.7. The van der Waals surface area contributed by atoms with Gasteiger partial charge in [0.05, 0.1) is 11.1 Å². The van der Waals surface area contributed by atoms with E-state index in [1.807, 2.05) is 0 Å². The lowest BCUT2D eigenvalue weighted by Gasteiger charge is -2.24. The van der Waals surface area contributed by atoms with Crippen molar-refractivity contribution in [2.45, 2.75) is 39.2 Å². The Kier molecular flexibility index (Phi) is 7.35. The first kappa shape index (κ1) is 24.2. The number of fused-ring (bicyclic) bond motifs is 1. The second kappa shape index (κ2) is 10.0. The van der Waals surface area contributed by atoms with Crippen molar-refractivity contribution in [3.05, 3.63) is 35.4 Å². The van der Waals surface area contributed by atoms with Crippen LogP contribution >= 0.6 is 0 Å². The molecule has 2 aliphatic heterocycles. The van der Waals surface area contributed by atoms with Crippen molar-refractivity contribution in [1.82, 2.24) is 20.0 Å². The van der Waals surface area contributed by atoms with Crippen LogP contribution in [0.15, 0.2) is 24.3 Å². The molecule has 0 spiro atoms. The van der Waals surface area contributed by atoms with Gasteiger partial charge in [-0.1, -0.05) is 12.1 Å². The van der Waals surface area contributed by atoms with E-state index in [0.717, 1.165) is 4.90 Å². The fraction of sp³-hybridized carbons (Fsp3) is 0.522. The Labute approximate surface area is 192 Å². The molecule has 33 heavy (non-hydrogen) atoms. The van der Waals surface area contributed by atoms with Crippen molar-refractivity contribution >= 4 is 29.7 Å². The van der Waals surface area contributed by atoms with Crippen LogP contribution in [0.1, 0.15) is 54.3 Å². The van der Waals surface area contributed by atoms with E-state index < -0.39 is 11.7 Å². The molecule has 1 saturated heterocycles. The summed E-state index contributed by atoms with van der Waals surface area (Å²) in [5.74, 6) is -1.18. The van der Waals surface area contributed by atoms with E-state index in [2.05, 4.69) is 5.32 Å². The van der Waals surface area contributed by atoms with Crippen molar-refractivity contribution in [2.24, 2.45) is 0 Å². The van der Waals surface area contributed by atoms with Gasteiger partial charge in [-0.15, -0.1) is 0 Å². The third-order valence-corrected chi connectivity index (χ3v) is 5.41. The molecule has 0 aromatic heterocycles. The van der Waals surface area contributed by atoms with Crippen LogP contribution in [0.3, 0.4) is 0 Å². The van der Waals surface area contributed by atoms with Crippen LogP contribution in [0.2, 0.25) is 0 Å². The molecule has 3 rings (SSSR count). The number of hydrogen-bond acceptors (Lipinski definition) is 6. The van der Waals surface area contributed by atoms with E-state index in [1.165, 1.54) is 0 Å². The number of amides is 5. The minimum atomic E-state index is -0.657. The molecule has 2 heterocycles. The quantitative estimate of drug-likeness (QED) is 0.664. The third-order valence-electron chi connectivity index (χ3n) is 5.41. The van der Waals surface area contributed by atoms with Gasteiger partial charge in [-0.25, -0.2) is 4.79 Å². The molecule has 178 valence electrons. The van der Waals surface area contributed by atoms with Crippen LogP contribution in [0.4, 0.5) is 4.79 Å². The molecule has 5 amide bonds. The predicted molar refractivity (Wildman–Crippen MR) is 118 cm³/mol. The van der Waals surface area contributed by atoms with Gasteiger partial charge >= 0.3 is 6.09 Å². The smallest absolute Gasteiger partial charge is 0.408 e. The van der Waals surface area contributed by atoms with Crippen LogP contribution in [0.25, 0.3) is 0 Å². The summed E-state index contributed by atoms with van der Waals surface area (Å²) in [6, 6.07) is 6.61. The number of nitrogens with zero attached hydrogens (tertiary/aromatic N) is 3. The summed E-state index contributed by atoms with van der Waals surface area (Å²) in [7, 11) is 0. The zero-order valence-corrected chi connectivity index (χ0v) is 19.3. The number of carbonyl (C=O) groups is 5. The van der Waals surface area contributed by atoms with Gasteiger partial charge in [0.1, 0.15) is 12.1 Å². The molecule has 10 nitrogen and oxygen atoms in total. The highest BCUT2D eigenvalue weighted by Crippen LogP contribution is 2.22. The standard InChI is InChI=1S/C23H30N4O6/c1-23(2,3)33-22(32)24-15-19(29)26-11-6-10-25(13-14-26)18(28)9-12-27-20(30)16-7-4-5-8-17(16)21(27)31/h4-5,7-8H,6,9-15H2,1-3H3,(H,24,32). The Balaban J connectivity index is 1.45. The Morgan fingerprint density at radius 2 is 1.45 bits per heavy atom. The Morgan fingerprint density at radius 1 is 0.909 bits per heavy atom. The summed E-state index contributed by atoms with van der Waals surface area (Å²) < 4.78 is 5.13. The van der Waals surface area contributed by atoms with Crippen molar-refractivity contribution in [1.29, 1.82) is 0 Å². The zero-order valence-electron chi connectivity index (χ0n) is 19.3. The van der Waals surface area contributed by atoms with E-state index in [9.17, 15) is 24.0 Å². The average molecular weight is 459 g/mol. The first-order valence-corrected chi connectivity index (χ1v) is 11.0. The van der Waals surface area contributed by atoms with Crippen LogP contribution in [0.5, 0.6) is 0 Å². The highest BCUT2D eigenvalue weighted by molar-refractivity contribution is 6.21. The van der Waals surface area contributed by atoms with Gasteiger partial charge in [-0.05, 0) is 39.3 Å². The number of imide groups is 1. The number of benzene rings is 1. The van der Waals surface area contributed by atoms with Crippen LogP contribution in [-0.2, 0) is 14.3 Å². The molecular formula is C23H30N4O6. The highest BCUT2D eigenvalue weighted by atomic mass is 16.6. The summed E-state index contributed by atoms with van der Waals surface area (Å²) in [6.07, 6.45) is -0.0352. The molecular weight excluding hydrogens is 428 g/mol. The highest BCUT2D eigenvalue weighted by Gasteiger charge is 2.35. The molecule has 0 atom stereocenters. The SMILES string of the molecule is CC(C)(C)OC(=O)NCC(=O)N1CCCN(C(=O)CCN2C(=O)c3ccccc3C2=O)CC1. The summed E-state index contributed by atoms with van der Waals surface area (Å²) in [4.78, 5) is 66.2. The molecule has 1 aromatic rings. The lowest BCUT2D eigenvalue weighted by Crippen LogP contribution is -2.43. The molecule has 0 unspecified atom stereocenters. The summed E-state index contributed by atoms with van der Waals surface area (Å²) in [6.45, 7) is 6.69. The van der Waals surface area contributed by atoms with E-state index in [0.29, 0.717) is 43.7 Å². The molecule has 1 N–H and O–H groups in total. The zero-order chi connectivity index (χ0) is 24.2. The second-order valence-corrected chi connectivity index (χ2v) is 9.03. The van der Waals surface area contributed by atoms with E-state index in [-0.39, 0.29) is 43.1 Å². The van der Waals surface area contributed by atoms with Crippen molar-refractivity contribution in [3.8, 4) is 0 Å². The summed E-state index contributed by atoms with van der Waals surface area (Å²) >= 11 is 0. The van der Waals surface area contributed by atoms with Crippen LogP contribution in [-0.4, -0.2) is 89.3 Å². The van der Waals surface area contributed by atoms with E-state index >= 15 is 0 Å². The maximum Gasteiger partial charge on any atom is 0.408 e. The summed E-state index contributed by atoms with van der Waals surface area (Å²) in [5, 5.41) is 2.46. The third kappa shape index (κ3) is 6.09. The minimum Gasteiger partial charge on any atom is -0.444 e. The Bertz CT molecular complexity index is 920. The topological polar surface area (TPSA) is 116 Å². The lowest BCUT2D eigenvalue weighted by molar-refractivity contribution is -0.133. The maximum absolute atomic E-state index is 12.7. The fourth-order valence-corrected chi connectivity index (χ4v) is 3.80. The molecule has 2 aliphatic rings. The first-order chi connectivity index (χ1) is 15.6. The number of alkyl carbamates (subject to hydrolysis) is 1. The number of nitrogens with one attached hydrogen (secondary N) is 1. The number of ether oxygens (including phenoxy) is 1. The Hall–Kier alpha value is -3.43. The molecule has 0 aliphatic carbocycles. The van der Waals surface area contributed by atoms with Gasteiger partial charge in [0.25, 0.3) is 11.8 Å². The average Bonchev–Trinajstić information content (AvgIpc) is 2.92. The van der Waals surface area contributed by atoms with Gasteiger partial charge in [-0.3, -0.25) is 24.1 Å². The fourth-order valence-electron chi connectivity index (χ4n) is 3.80. The van der Waals surface area contributed by atoms with Gasteiger partial charge in [-0.2, -0.15) is 0 Å². The van der Waals surface area contributed by atoms with Gasteiger partial charge in [0.15, 0.2) is 0 Å². The number of hydrogen-bond donors (Lipinski definition) is 1. The van der Waals surface area contributed by atoms with Crippen molar-refractivity contribution in [3.63, 3.8) is 0 Å². The first-order valence-electron chi connectivity index (χ1n) is 11.0. The molecule has 0 radical (unpaired) electrons. The molecule has 0 bridgehead atoms. The Morgan fingerprint density at radius 3 is 2.00 bits per heavy atom. The van der Waals surface area contributed by atoms with Gasteiger partial charge < -0.3 is 19.9 Å².